The number of carbonyl (C=O) groups is 2. The average Bonchev–Trinajstić information content (AvgIpc) is 3.25. The number of aromatic nitrogens is 2. The van der Waals surface area contributed by atoms with Gasteiger partial charge in [-0.3, -0.25) is 9.59 Å². The summed E-state index contributed by atoms with van der Waals surface area (Å²) < 4.78 is 1.90. The summed E-state index contributed by atoms with van der Waals surface area (Å²) in [6.07, 6.45) is 8.57. The molecular formula is C19H28N4O2. The Kier molecular flexibility index (Phi) is 4.97. The van der Waals surface area contributed by atoms with Crippen LogP contribution in [0.4, 0.5) is 5.82 Å². The molecule has 1 aromatic rings. The first-order chi connectivity index (χ1) is 11.9. The summed E-state index contributed by atoms with van der Waals surface area (Å²) in [4.78, 5) is 26.7. The molecule has 0 spiro atoms. The zero-order chi connectivity index (χ0) is 18.0. The van der Waals surface area contributed by atoms with E-state index in [1.807, 2.05) is 36.4 Å². The Morgan fingerprint density at radius 2 is 1.96 bits per heavy atom. The maximum atomic E-state index is 12.5. The number of amides is 2. The van der Waals surface area contributed by atoms with E-state index in [2.05, 4.69) is 16.5 Å². The van der Waals surface area contributed by atoms with Gasteiger partial charge in [-0.15, -0.1) is 0 Å². The minimum atomic E-state index is -0.445. The first-order valence-corrected chi connectivity index (χ1v) is 9.19. The van der Waals surface area contributed by atoms with E-state index in [0.29, 0.717) is 0 Å². The lowest BCUT2D eigenvalue weighted by molar-refractivity contribution is -0.128. The zero-order valence-electron chi connectivity index (χ0n) is 15.4. The molecular weight excluding hydrogens is 316 g/mol. The van der Waals surface area contributed by atoms with E-state index in [4.69, 9.17) is 0 Å². The molecule has 2 aliphatic rings. The van der Waals surface area contributed by atoms with Crippen molar-refractivity contribution in [3.63, 3.8) is 0 Å². The Morgan fingerprint density at radius 3 is 2.56 bits per heavy atom. The smallest absolute Gasteiger partial charge is 0.249 e. The second-order valence-corrected chi connectivity index (χ2v) is 8.01. The van der Waals surface area contributed by atoms with Gasteiger partial charge in [0.15, 0.2) is 0 Å². The van der Waals surface area contributed by atoms with E-state index in [-0.39, 0.29) is 17.9 Å². The largest absolute Gasteiger partial charge is 0.339 e. The van der Waals surface area contributed by atoms with Gasteiger partial charge in [0.1, 0.15) is 5.82 Å². The van der Waals surface area contributed by atoms with Gasteiger partial charge >= 0.3 is 0 Å². The maximum Gasteiger partial charge on any atom is 0.249 e. The standard InChI is InChI=1S/C19H28N4O2/c1-19(2,3)18(25)21-16-8-11-20-23(16)15-9-12-22(13-10-15)17(24)14-6-4-5-7-14/h6,8,11,15H,4-5,7,9-10,12-13H2,1-3H3,(H,21,25). The number of rotatable bonds is 3. The molecule has 6 nitrogen and oxygen atoms in total. The lowest BCUT2D eigenvalue weighted by Crippen LogP contribution is -2.40. The lowest BCUT2D eigenvalue weighted by atomic mass is 9.96. The number of likely N-dealkylation sites (tertiary alicyclic amines) is 1. The van der Waals surface area contributed by atoms with E-state index >= 15 is 0 Å². The van der Waals surface area contributed by atoms with Gasteiger partial charge < -0.3 is 10.2 Å². The summed E-state index contributed by atoms with van der Waals surface area (Å²) in [5.41, 5.74) is 0.538. The molecule has 1 N–H and O–H groups in total. The fourth-order valence-corrected chi connectivity index (χ4v) is 3.39. The maximum absolute atomic E-state index is 12.5. The van der Waals surface area contributed by atoms with Crippen molar-refractivity contribution in [2.45, 2.75) is 58.9 Å². The molecule has 3 rings (SSSR count). The molecule has 0 bridgehead atoms. The van der Waals surface area contributed by atoms with Gasteiger partial charge in [-0.2, -0.15) is 5.10 Å². The topological polar surface area (TPSA) is 67.2 Å². The molecule has 1 aliphatic heterocycles. The molecule has 0 saturated carbocycles. The molecule has 25 heavy (non-hydrogen) atoms. The van der Waals surface area contributed by atoms with Crippen molar-refractivity contribution in [3.8, 4) is 0 Å². The number of anilines is 1. The Balaban J connectivity index is 1.61. The van der Waals surface area contributed by atoms with Gasteiger partial charge in [-0.25, -0.2) is 4.68 Å². The first-order valence-electron chi connectivity index (χ1n) is 9.19. The predicted octanol–water partition coefficient (Wildman–Crippen LogP) is 3.14. The number of carbonyl (C=O) groups excluding carboxylic acids is 2. The highest BCUT2D eigenvalue weighted by molar-refractivity contribution is 5.94. The monoisotopic (exact) mass is 344 g/mol. The summed E-state index contributed by atoms with van der Waals surface area (Å²) in [5.74, 6) is 0.927. The van der Waals surface area contributed by atoms with Gasteiger partial charge in [0.2, 0.25) is 11.8 Å². The minimum Gasteiger partial charge on any atom is -0.339 e. The fraction of sp³-hybridized carbons (Fsp3) is 0.632. The Morgan fingerprint density at radius 1 is 1.24 bits per heavy atom. The van der Waals surface area contributed by atoms with Crippen LogP contribution >= 0.6 is 0 Å². The van der Waals surface area contributed by atoms with Crippen LogP contribution in [0.1, 0.15) is 58.9 Å². The molecule has 1 aromatic heterocycles. The molecule has 1 saturated heterocycles. The summed E-state index contributed by atoms with van der Waals surface area (Å²) in [6.45, 7) is 7.17. The molecule has 6 heteroatoms. The van der Waals surface area contributed by atoms with E-state index in [9.17, 15) is 9.59 Å². The van der Waals surface area contributed by atoms with Crippen molar-refractivity contribution in [1.29, 1.82) is 0 Å². The molecule has 2 heterocycles. The fourth-order valence-electron chi connectivity index (χ4n) is 3.39. The number of nitrogens with zero attached hydrogens (tertiary/aromatic N) is 3. The number of piperidine rings is 1. The highest BCUT2D eigenvalue weighted by atomic mass is 16.2. The molecule has 1 fully saturated rings. The summed E-state index contributed by atoms with van der Waals surface area (Å²) >= 11 is 0. The molecule has 1 aliphatic carbocycles. The van der Waals surface area contributed by atoms with Crippen LogP contribution in [0.15, 0.2) is 23.9 Å². The highest BCUT2D eigenvalue weighted by Gasteiger charge is 2.28. The quantitative estimate of drug-likeness (QED) is 0.916. The lowest BCUT2D eigenvalue weighted by Gasteiger charge is -2.33. The Hall–Kier alpha value is -2.11. The molecule has 0 radical (unpaired) electrons. The molecule has 0 atom stereocenters. The number of nitrogens with one attached hydrogen (secondary N) is 1. The molecule has 2 amide bonds. The van der Waals surface area contributed by atoms with E-state index in [1.165, 1.54) is 0 Å². The predicted molar refractivity (Wildman–Crippen MR) is 97.1 cm³/mol. The van der Waals surface area contributed by atoms with E-state index in [1.54, 1.807) is 6.20 Å². The van der Waals surface area contributed by atoms with Crippen LogP contribution in [-0.4, -0.2) is 39.6 Å². The zero-order valence-corrected chi connectivity index (χ0v) is 15.4. The van der Waals surface area contributed by atoms with Crippen LogP contribution in [0, 0.1) is 5.41 Å². The van der Waals surface area contributed by atoms with Crippen LogP contribution in [-0.2, 0) is 9.59 Å². The van der Waals surface area contributed by atoms with Gasteiger partial charge in [0, 0.05) is 30.1 Å². The number of allylic oxidation sites excluding steroid dienone is 1. The SMILES string of the molecule is CC(C)(C)C(=O)Nc1ccnn1C1CCN(C(=O)C2=CCCC2)CC1. The summed E-state index contributed by atoms with van der Waals surface area (Å²) in [7, 11) is 0. The van der Waals surface area contributed by atoms with E-state index < -0.39 is 5.41 Å². The van der Waals surface area contributed by atoms with Crippen molar-refractivity contribution >= 4 is 17.6 Å². The van der Waals surface area contributed by atoms with Crippen molar-refractivity contribution in [2.24, 2.45) is 5.41 Å². The Labute approximate surface area is 149 Å². The van der Waals surface area contributed by atoms with Gasteiger partial charge in [0.25, 0.3) is 0 Å². The summed E-state index contributed by atoms with van der Waals surface area (Å²) in [6, 6.07) is 2.05. The van der Waals surface area contributed by atoms with Gasteiger partial charge in [0.05, 0.1) is 12.2 Å². The van der Waals surface area contributed by atoms with Crippen molar-refractivity contribution in [3.05, 3.63) is 23.9 Å². The number of hydrogen-bond acceptors (Lipinski definition) is 3. The van der Waals surface area contributed by atoms with Crippen LogP contribution in [0.5, 0.6) is 0 Å². The molecule has 0 aromatic carbocycles. The minimum absolute atomic E-state index is 0.0185. The van der Waals surface area contributed by atoms with Crippen LogP contribution < -0.4 is 5.32 Å². The molecule has 136 valence electrons. The normalized spacial score (nSPS) is 19.0. The first kappa shape index (κ1) is 17.7. The highest BCUT2D eigenvalue weighted by Crippen LogP contribution is 2.28. The van der Waals surface area contributed by atoms with Gasteiger partial charge in [-0.05, 0) is 32.1 Å². The third-order valence-electron chi connectivity index (χ3n) is 5.01. The second kappa shape index (κ2) is 7.02. The summed E-state index contributed by atoms with van der Waals surface area (Å²) in [5, 5.41) is 7.39. The van der Waals surface area contributed by atoms with Crippen LogP contribution in [0.3, 0.4) is 0 Å². The molecule has 0 unspecified atom stereocenters. The third kappa shape index (κ3) is 3.94. The average molecular weight is 344 g/mol. The Bertz CT molecular complexity index is 676. The third-order valence-corrected chi connectivity index (χ3v) is 5.01. The van der Waals surface area contributed by atoms with Gasteiger partial charge in [-0.1, -0.05) is 26.8 Å². The number of hydrogen-bond donors (Lipinski definition) is 1. The van der Waals surface area contributed by atoms with Crippen molar-refractivity contribution < 1.29 is 9.59 Å². The van der Waals surface area contributed by atoms with E-state index in [0.717, 1.165) is 56.6 Å². The second-order valence-electron chi connectivity index (χ2n) is 8.01. The van der Waals surface area contributed by atoms with Crippen molar-refractivity contribution in [2.75, 3.05) is 18.4 Å². The van der Waals surface area contributed by atoms with Crippen LogP contribution in [0.25, 0.3) is 0 Å². The van der Waals surface area contributed by atoms with Crippen molar-refractivity contribution in [1.82, 2.24) is 14.7 Å². The van der Waals surface area contributed by atoms with Crippen LogP contribution in [0.2, 0.25) is 0 Å².